The molecular formula is C11H11FN4O. The quantitative estimate of drug-likeness (QED) is 0.785. The molecule has 0 bridgehead atoms. The van der Waals surface area contributed by atoms with E-state index in [9.17, 15) is 9.18 Å². The smallest absolute Gasteiger partial charge is 0.244 e. The number of carbonyl (C=O) groups excluding carboxylic acids is 1. The van der Waals surface area contributed by atoms with Crippen LogP contribution in [0.4, 0.5) is 15.8 Å². The number of aromatic nitrogens is 2. The monoisotopic (exact) mass is 234 g/mol. The lowest BCUT2D eigenvalue weighted by atomic mass is 10.2. The second-order valence-corrected chi connectivity index (χ2v) is 3.52. The van der Waals surface area contributed by atoms with Crippen LogP contribution < -0.4 is 11.1 Å². The van der Waals surface area contributed by atoms with E-state index in [1.807, 2.05) is 0 Å². The Morgan fingerprint density at radius 2 is 2.35 bits per heavy atom. The minimum absolute atomic E-state index is 0.00503. The Hall–Kier alpha value is -2.37. The molecule has 0 unspecified atom stereocenters. The molecule has 5 nitrogen and oxygen atoms in total. The van der Waals surface area contributed by atoms with Crippen LogP contribution in [0.1, 0.15) is 0 Å². The summed E-state index contributed by atoms with van der Waals surface area (Å²) in [6, 6.07) is 4.04. The maximum atomic E-state index is 12.9. The fourth-order valence-corrected chi connectivity index (χ4v) is 1.37. The highest BCUT2D eigenvalue weighted by atomic mass is 19.1. The fourth-order valence-electron chi connectivity index (χ4n) is 1.37. The van der Waals surface area contributed by atoms with Crippen molar-refractivity contribution in [1.29, 1.82) is 0 Å². The molecule has 0 atom stereocenters. The van der Waals surface area contributed by atoms with Gasteiger partial charge in [0.2, 0.25) is 5.91 Å². The van der Waals surface area contributed by atoms with Crippen LogP contribution in [-0.2, 0) is 11.3 Å². The summed E-state index contributed by atoms with van der Waals surface area (Å²) in [5.41, 5.74) is 5.86. The lowest BCUT2D eigenvalue weighted by Gasteiger charge is -2.06. The minimum atomic E-state index is -0.502. The molecule has 0 saturated carbocycles. The summed E-state index contributed by atoms with van der Waals surface area (Å²) in [5.74, 6) is -0.730. The second kappa shape index (κ2) is 4.65. The number of imidazole rings is 1. The Balaban J connectivity index is 2.00. The Morgan fingerprint density at radius 3 is 3.00 bits per heavy atom. The number of benzene rings is 1. The third-order valence-electron chi connectivity index (χ3n) is 2.17. The third kappa shape index (κ3) is 2.81. The molecule has 2 rings (SSSR count). The molecule has 2 aromatic rings. The summed E-state index contributed by atoms with van der Waals surface area (Å²) >= 11 is 0. The molecule has 88 valence electrons. The molecule has 1 heterocycles. The maximum absolute atomic E-state index is 12.9. The molecule has 0 spiro atoms. The largest absolute Gasteiger partial charge is 0.396 e. The van der Waals surface area contributed by atoms with Gasteiger partial charge in [-0.25, -0.2) is 9.37 Å². The molecule has 0 aliphatic rings. The SMILES string of the molecule is Nc1cc(NC(=O)Cn2ccnc2)ccc1F. The maximum Gasteiger partial charge on any atom is 0.244 e. The second-order valence-electron chi connectivity index (χ2n) is 3.52. The lowest BCUT2D eigenvalue weighted by molar-refractivity contribution is -0.116. The van der Waals surface area contributed by atoms with E-state index in [2.05, 4.69) is 10.3 Å². The van der Waals surface area contributed by atoms with E-state index in [1.54, 1.807) is 23.3 Å². The van der Waals surface area contributed by atoms with Gasteiger partial charge in [0, 0.05) is 18.1 Å². The van der Waals surface area contributed by atoms with Crippen molar-refractivity contribution >= 4 is 17.3 Å². The Morgan fingerprint density at radius 1 is 1.53 bits per heavy atom. The molecular weight excluding hydrogens is 223 g/mol. The van der Waals surface area contributed by atoms with E-state index in [1.165, 1.54) is 18.2 Å². The van der Waals surface area contributed by atoms with Gasteiger partial charge in [0.15, 0.2) is 0 Å². The zero-order valence-corrected chi connectivity index (χ0v) is 8.93. The molecule has 3 N–H and O–H groups in total. The van der Waals surface area contributed by atoms with Gasteiger partial charge < -0.3 is 15.6 Å². The number of nitrogen functional groups attached to an aromatic ring is 1. The number of anilines is 2. The van der Waals surface area contributed by atoms with E-state index in [4.69, 9.17) is 5.73 Å². The average molecular weight is 234 g/mol. The van der Waals surface area contributed by atoms with Crippen LogP contribution >= 0.6 is 0 Å². The summed E-state index contributed by atoms with van der Waals surface area (Å²) < 4.78 is 14.5. The molecule has 0 saturated heterocycles. The van der Waals surface area contributed by atoms with Crippen molar-refractivity contribution in [2.75, 3.05) is 11.1 Å². The Bertz CT molecular complexity index is 524. The van der Waals surface area contributed by atoms with E-state index in [0.717, 1.165) is 0 Å². The Labute approximate surface area is 97.1 Å². The molecule has 17 heavy (non-hydrogen) atoms. The van der Waals surface area contributed by atoms with Crippen LogP contribution in [0.5, 0.6) is 0 Å². The number of amides is 1. The molecule has 1 aromatic carbocycles. The highest BCUT2D eigenvalue weighted by Gasteiger charge is 2.05. The van der Waals surface area contributed by atoms with E-state index in [-0.39, 0.29) is 18.1 Å². The summed E-state index contributed by atoms with van der Waals surface area (Å²) in [4.78, 5) is 15.4. The zero-order valence-electron chi connectivity index (χ0n) is 8.93. The van der Waals surface area contributed by atoms with Crippen LogP contribution in [0.3, 0.4) is 0 Å². The zero-order chi connectivity index (χ0) is 12.3. The number of nitrogens with two attached hydrogens (primary N) is 1. The summed E-state index contributed by atoms with van der Waals surface area (Å²) in [7, 11) is 0. The number of hydrogen-bond donors (Lipinski definition) is 2. The summed E-state index contributed by atoms with van der Waals surface area (Å²) in [5, 5.41) is 2.61. The number of halogens is 1. The van der Waals surface area contributed by atoms with Crippen molar-refractivity contribution in [3.8, 4) is 0 Å². The summed E-state index contributed by atoms with van der Waals surface area (Å²) in [6.07, 6.45) is 4.81. The number of hydrogen-bond acceptors (Lipinski definition) is 3. The van der Waals surface area contributed by atoms with Gasteiger partial charge in [-0.3, -0.25) is 4.79 Å². The van der Waals surface area contributed by atoms with Crippen molar-refractivity contribution in [2.45, 2.75) is 6.54 Å². The molecule has 0 fully saturated rings. The van der Waals surface area contributed by atoms with Crippen LogP contribution in [0, 0.1) is 5.82 Å². The first-order valence-corrected chi connectivity index (χ1v) is 4.96. The van der Waals surface area contributed by atoms with Gasteiger partial charge in [-0.15, -0.1) is 0 Å². The number of rotatable bonds is 3. The topological polar surface area (TPSA) is 72.9 Å². The molecule has 6 heteroatoms. The standard InChI is InChI=1S/C11H11FN4O/c12-9-2-1-8(5-10(9)13)15-11(17)6-16-4-3-14-7-16/h1-5,7H,6,13H2,(H,15,17). The van der Waals surface area contributed by atoms with Gasteiger partial charge in [-0.1, -0.05) is 0 Å². The van der Waals surface area contributed by atoms with Gasteiger partial charge in [-0.05, 0) is 18.2 Å². The predicted octanol–water partition coefficient (Wildman–Crippen LogP) is 1.24. The lowest BCUT2D eigenvalue weighted by Crippen LogP contribution is -2.18. The van der Waals surface area contributed by atoms with E-state index >= 15 is 0 Å². The van der Waals surface area contributed by atoms with Gasteiger partial charge >= 0.3 is 0 Å². The van der Waals surface area contributed by atoms with Gasteiger partial charge in [0.25, 0.3) is 0 Å². The first-order chi connectivity index (χ1) is 8.15. The fraction of sp³-hybridized carbons (Fsp3) is 0.0909. The van der Waals surface area contributed by atoms with Gasteiger partial charge in [0.05, 0.1) is 12.0 Å². The number of nitrogens with one attached hydrogen (secondary N) is 1. The summed E-state index contributed by atoms with van der Waals surface area (Å²) in [6.45, 7) is 0.150. The average Bonchev–Trinajstić information content (AvgIpc) is 2.76. The van der Waals surface area contributed by atoms with Crippen molar-refractivity contribution < 1.29 is 9.18 Å². The van der Waals surface area contributed by atoms with Gasteiger partial charge in [0.1, 0.15) is 12.4 Å². The van der Waals surface area contributed by atoms with E-state index < -0.39 is 5.82 Å². The molecule has 0 radical (unpaired) electrons. The molecule has 0 aliphatic carbocycles. The van der Waals surface area contributed by atoms with Crippen LogP contribution in [0.25, 0.3) is 0 Å². The first kappa shape index (κ1) is 11.1. The number of carbonyl (C=O) groups is 1. The number of nitrogens with zero attached hydrogens (tertiary/aromatic N) is 2. The molecule has 1 aromatic heterocycles. The third-order valence-corrected chi connectivity index (χ3v) is 2.17. The molecule has 1 amide bonds. The van der Waals surface area contributed by atoms with Crippen LogP contribution in [-0.4, -0.2) is 15.5 Å². The van der Waals surface area contributed by atoms with Crippen molar-refractivity contribution in [2.24, 2.45) is 0 Å². The normalized spacial score (nSPS) is 10.2. The first-order valence-electron chi connectivity index (χ1n) is 4.96. The van der Waals surface area contributed by atoms with Crippen molar-refractivity contribution in [3.63, 3.8) is 0 Å². The van der Waals surface area contributed by atoms with E-state index in [0.29, 0.717) is 5.69 Å². The van der Waals surface area contributed by atoms with Crippen molar-refractivity contribution in [3.05, 3.63) is 42.7 Å². The predicted molar refractivity (Wildman–Crippen MR) is 61.7 cm³/mol. The van der Waals surface area contributed by atoms with Crippen LogP contribution in [0.15, 0.2) is 36.9 Å². The van der Waals surface area contributed by atoms with Crippen molar-refractivity contribution in [1.82, 2.24) is 9.55 Å². The highest BCUT2D eigenvalue weighted by Crippen LogP contribution is 2.16. The Kier molecular flexibility index (Phi) is 3.04. The van der Waals surface area contributed by atoms with Gasteiger partial charge in [-0.2, -0.15) is 0 Å². The van der Waals surface area contributed by atoms with Crippen LogP contribution in [0.2, 0.25) is 0 Å². The highest BCUT2D eigenvalue weighted by molar-refractivity contribution is 5.91. The molecule has 0 aliphatic heterocycles. The minimum Gasteiger partial charge on any atom is -0.396 e.